The lowest BCUT2D eigenvalue weighted by molar-refractivity contribution is -0.0948. The summed E-state index contributed by atoms with van der Waals surface area (Å²) in [6.45, 7) is -0.338. The average Bonchev–Trinajstić information content (AvgIpc) is 3.09. The number of alkyl halides is 3. The lowest BCUT2D eigenvalue weighted by Gasteiger charge is -2.19. The summed E-state index contributed by atoms with van der Waals surface area (Å²) in [6, 6.07) is 2.38. The van der Waals surface area contributed by atoms with E-state index in [9.17, 15) is 27.9 Å². The monoisotopic (exact) mass is 488 g/mol. The van der Waals surface area contributed by atoms with Crippen molar-refractivity contribution >= 4 is 40.8 Å². The van der Waals surface area contributed by atoms with E-state index >= 15 is 0 Å². The zero-order valence-electron chi connectivity index (χ0n) is 16.6. The topological polar surface area (TPSA) is 96.3 Å². The molecule has 0 radical (unpaired) electrons. The van der Waals surface area contributed by atoms with Gasteiger partial charge in [0.05, 0.1) is 16.2 Å². The van der Waals surface area contributed by atoms with Crippen LogP contribution in [-0.2, 0) is 7.05 Å². The zero-order valence-corrected chi connectivity index (χ0v) is 18.1. The molecule has 32 heavy (non-hydrogen) atoms. The molecule has 1 aliphatic carbocycles. The Balaban J connectivity index is 1.78. The summed E-state index contributed by atoms with van der Waals surface area (Å²) in [6.07, 6.45) is -0.229. The fourth-order valence-electron chi connectivity index (χ4n) is 3.10. The number of nitrogens with zero attached hydrogens (tertiary/aromatic N) is 2. The number of hydrogen-bond donors (Lipinski definition) is 3. The first-order valence-corrected chi connectivity index (χ1v) is 10.00. The fourth-order valence-corrected chi connectivity index (χ4v) is 3.59. The minimum atomic E-state index is -4.48. The van der Waals surface area contributed by atoms with Gasteiger partial charge in [0.25, 0.3) is 11.8 Å². The quantitative estimate of drug-likeness (QED) is 0.571. The van der Waals surface area contributed by atoms with Gasteiger partial charge >= 0.3 is 6.18 Å². The van der Waals surface area contributed by atoms with Gasteiger partial charge in [-0.15, -0.1) is 0 Å². The molecular weight excluding hydrogens is 472 g/mol. The molecule has 1 aromatic heterocycles. The van der Waals surface area contributed by atoms with E-state index in [1.807, 2.05) is 0 Å². The van der Waals surface area contributed by atoms with Crippen LogP contribution in [0.5, 0.6) is 5.75 Å². The van der Waals surface area contributed by atoms with Crippen molar-refractivity contribution in [3.05, 3.63) is 62.8 Å². The third-order valence-electron chi connectivity index (χ3n) is 4.74. The van der Waals surface area contributed by atoms with Crippen LogP contribution in [0.15, 0.2) is 41.6 Å². The first kappa shape index (κ1) is 23.7. The number of carbonyl (C=O) groups is 2. The summed E-state index contributed by atoms with van der Waals surface area (Å²) in [5.74, 6) is -1.78. The van der Waals surface area contributed by atoms with Crippen molar-refractivity contribution in [3.8, 4) is 5.75 Å². The Bertz CT molecular complexity index is 1120. The number of allylic oxidation sites excluding steroid dienone is 2. The number of halogens is 5. The summed E-state index contributed by atoms with van der Waals surface area (Å²) < 4.78 is 40.8. The Hall–Kier alpha value is -2.98. The van der Waals surface area contributed by atoms with Crippen LogP contribution in [0.25, 0.3) is 0 Å². The van der Waals surface area contributed by atoms with Crippen LogP contribution in [0.4, 0.5) is 19.0 Å². The number of anilines is 1. The van der Waals surface area contributed by atoms with Crippen LogP contribution in [-0.4, -0.2) is 39.4 Å². The van der Waals surface area contributed by atoms with Gasteiger partial charge in [0.15, 0.2) is 5.75 Å². The maximum Gasteiger partial charge on any atom is 0.413 e. The minimum Gasteiger partial charge on any atom is -0.505 e. The second-order valence-corrected chi connectivity index (χ2v) is 7.71. The summed E-state index contributed by atoms with van der Waals surface area (Å²) in [5, 5.41) is 18.2. The van der Waals surface area contributed by atoms with Crippen LogP contribution >= 0.6 is 23.2 Å². The van der Waals surface area contributed by atoms with Crippen molar-refractivity contribution in [1.29, 1.82) is 0 Å². The van der Waals surface area contributed by atoms with Gasteiger partial charge in [0, 0.05) is 24.7 Å². The molecule has 0 fully saturated rings. The summed E-state index contributed by atoms with van der Waals surface area (Å²) in [5.41, 5.74) is -0.746. The van der Waals surface area contributed by atoms with Gasteiger partial charge in [0.1, 0.15) is 11.4 Å². The number of hydrogen-bond acceptors (Lipinski definition) is 4. The van der Waals surface area contributed by atoms with Crippen molar-refractivity contribution < 1.29 is 27.9 Å². The molecule has 12 heteroatoms. The van der Waals surface area contributed by atoms with E-state index in [2.05, 4.69) is 15.7 Å². The van der Waals surface area contributed by atoms with Gasteiger partial charge in [0.2, 0.25) is 0 Å². The molecular formula is C20H17Cl2F3N4O3. The van der Waals surface area contributed by atoms with Crippen molar-refractivity contribution in [3.63, 3.8) is 0 Å². The number of amides is 2. The highest BCUT2D eigenvalue weighted by molar-refractivity contribution is 6.37. The largest absolute Gasteiger partial charge is 0.505 e. The van der Waals surface area contributed by atoms with Gasteiger partial charge < -0.3 is 15.7 Å². The number of benzene rings is 1. The lowest BCUT2D eigenvalue weighted by atomic mass is 9.97. The number of aromatic nitrogens is 2. The summed E-state index contributed by atoms with van der Waals surface area (Å²) in [4.78, 5) is 25.2. The maximum absolute atomic E-state index is 13.2. The van der Waals surface area contributed by atoms with Gasteiger partial charge in [-0.1, -0.05) is 35.4 Å². The molecule has 0 saturated heterocycles. The third-order valence-corrected chi connectivity index (χ3v) is 5.32. The Labute approximate surface area is 190 Å². The number of carbonyl (C=O) groups excluding carboxylic acids is 2. The van der Waals surface area contributed by atoms with Crippen LogP contribution in [0.2, 0.25) is 10.0 Å². The highest BCUT2D eigenvalue weighted by Gasteiger charge is 2.35. The fraction of sp³-hybridized carbons (Fsp3) is 0.250. The summed E-state index contributed by atoms with van der Waals surface area (Å²) >= 11 is 11.7. The Kier molecular flexibility index (Phi) is 6.85. The molecule has 0 spiro atoms. The molecule has 1 aromatic carbocycles. The Morgan fingerprint density at radius 3 is 2.50 bits per heavy atom. The van der Waals surface area contributed by atoms with Crippen molar-refractivity contribution in [2.24, 2.45) is 7.05 Å². The number of phenols is 1. The van der Waals surface area contributed by atoms with Crippen molar-refractivity contribution in [1.82, 2.24) is 15.1 Å². The number of phenolic OH excluding ortho intramolecular Hbond substituents is 1. The highest BCUT2D eigenvalue weighted by Crippen LogP contribution is 2.35. The van der Waals surface area contributed by atoms with Crippen LogP contribution < -0.4 is 10.6 Å². The minimum absolute atomic E-state index is 0.0111. The molecule has 170 valence electrons. The van der Waals surface area contributed by atoms with Crippen LogP contribution in [0, 0.1) is 0 Å². The number of nitrogens with one attached hydrogen (secondary N) is 2. The zero-order chi connectivity index (χ0) is 23.6. The predicted octanol–water partition coefficient (Wildman–Crippen LogP) is 4.62. The maximum atomic E-state index is 13.2. The molecule has 3 N–H and O–H groups in total. The van der Waals surface area contributed by atoms with Gasteiger partial charge in [-0.2, -0.15) is 18.3 Å². The molecule has 7 nitrogen and oxygen atoms in total. The van der Waals surface area contributed by atoms with E-state index in [-0.39, 0.29) is 57.7 Å². The van der Waals surface area contributed by atoms with Crippen LogP contribution in [0.1, 0.15) is 33.6 Å². The molecule has 0 atom stereocenters. The summed E-state index contributed by atoms with van der Waals surface area (Å²) in [7, 11) is 1.47. The lowest BCUT2D eigenvalue weighted by Crippen LogP contribution is -2.29. The SMILES string of the molecule is Cn1ncc(C(=O)NCC2=C(C(F)(F)F)CCC=C2)c1NC(=O)c1cc(Cl)c(O)c(Cl)c1. The predicted molar refractivity (Wildman–Crippen MR) is 113 cm³/mol. The molecule has 3 rings (SSSR count). The third kappa shape index (κ3) is 5.08. The average molecular weight is 489 g/mol. The van der Waals surface area contributed by atoms with Gasteiger partial charge in [-0.05, 0) is 30.5 Å². The van der Waals surface area contributed by atoms with E-state index < -0.39 is 23.6 Å². The van der Waals surface area contributed by atoms with Crippen molar-refractivity contribution in [2.75, 3.05) is 11.9 Å². The molecule has 2 amide bonds. The highest BCUT2D eigenvalue weighted by atomic mass is 35.5. The number of rotatable bonds is 5. The van der Waals surface area contributed by atoms with Gasteiger partial charge in [-0.3, -0.25) is 14.3 Å². The molecule has 0 aliphatic heterocycles. The van der Waals surface area contributed by atoms with E-state index in [1.54, 1.807) is 6.08 Å². The molecule has 1 aliphatic rings. The Morgan fingerprint density at radius 2 is 1.88 bits per heavy atom. The standard InChI is InChI=1S/C20H17Cl2F3N4O3/c1-29-17(28-18(31)11-6-14(21)16(30)15(22)7-11)12(9-27-29)19(32)26-8-10-4-2-3-5-13(10)20(23,24)25/h2,4,6-7,9,30H,3,5,8H2,1H3,(H,26,32)(H,28,31). The smallest absolute Gasteiger partial charge is 0.413 e. The van der Waals surface area contributed by atoms with Crippen molar-refractivity contribution in [2.45, 2.75) is 19.0 Å². The van der Waals surface area contributed by atoms with Gasteiger partial charge in [-0.25, -0.2) is 0 Å². The number of aromatic hydroxyl groups is 1. The molecule has 0 bridgehead atoms. The molecule has 0 unspecified atom stereocenters. The molecule has 2 aromatic rings. The van der Waals surface area contributed by atoms with E-state index in [4.69, 9.17) is 23.2 Å². The number of aryl methyl sites for hydroxylation is 1. The van der Waals surface area contributed by atoms with E-state index in [1.165, 1.54) is 36.1 Å². The first-order chi connectivity index (χ1) is 15.0. The van der Waals surface area contributed by atoms with E-state index in [0.29, 0.717) is 0 Å². The second-order valence-electron chi connectivity index (χ2n) is 6.90. The van der Waals surface area contributed by atoms with Crippen LogP contribution in [0.3, 0.4) is 0 Å². The Morgan fingerprint density at radius 1 is 1.22 bits per heavy atom. The molecule has 1 heterocycles. The second kappa shape index (κ2) is 9.25. The normalized spacial score (nSPS) is 13.9. The van der Waals surface area contributed by atoms with E-state index in [0.717, 1.165) is 0 Å². The first-order valence-electron chi connectivity index (χ1n) is 9.24. The molecule has 0 saturated carbocycles.